The molecule has 4 nitrogen and oxygen atoms in total. The average molecular weight is 839 g/mol. The normalized spacial score (nSPS) is 11.3. The lowest BCUT2D eigenvalue weighted by molar-refractivity contribution is 1.16. The van der Waals surface area contributed by atoms with Crippen molar-refractivity contribution in [3.8, 4) is 79.1 Å². The van der Waals surface area contributed by atoms with Gasteiger partial charge in [0.05, 0.1) is 44.6 Å². The van der Waals surface area contributed by atoms with Gasteiger partial charge in [0.1, 0.15) is 12.1 Å². The highest BCUT2D eigenvalue weighted by atomic mass is 15.0. The summed E-state index contributed by atoms with van der Waals surface area (Å²) in [6.07, 6.45) is 0. The van der Waals surface area contributed by atoms with Crippen molar-refractivity contribution < 1.29 is 0 Å². The van der Waals surface area contributed by atoms with Crippen LogP contribution in [0.25, 0.3) is 111 Å². The zero-order valence-corrected chi connectivity index (χ0v) is 35.7. The van der Waals surface area contributed by atoms with Crippen molar-refractivity contribution >= 4 is 43.6 Å². The van der Waals surface area contributed by atoms with Crippen LogP contribution in [0.3, 0.4) is 0 Å². The van der Waals surface area contributed by atoms with E-state index in [2.05, 4.69) is 203 Å². The molecule has 10 aromatic carbocycles. The number of hydrogen-bond donors (Lipinski definition) is 0. The molecule has 0 saturated heterocycles. The quantitative estimate of drug-likeness (QED) is 0.161. The number of nitriles is 2. The first-order chi connectivity index (χ1) is 32.6. The fourth-order valence-corrected chi connectivity index (χ4v) is 9.78. The summed E-state index contributed by atoms with van der Waals surface area (Å²) < 4.78 is 4.53. The van der Waals surface area contributed by atoms with Gasteiger partial charge < -0.3 is 9.13 Å². The Morgan fingerprint density at radius 1 is 0.242 bits per heavy atom. The molecule has 0 aliphatic rings. The van der Waals surface area contributed by atoms with E-state index in [9.17, 15) is 10.5 Å². The van der Waals surface area contributed by atoms with Gasteiger partial charge in [0.15, 0.2) is 0 Å². The van der Waals surface area contributed by atoms with Gasteiger partial charge in [-0.2, -0.15) is 10.5 Å². The highest BCUT2D eigenvalue weighted by Gasteiger charge is 2.21. The summed E-state index contributed by atoms with van der Waals surface area (Å²) in [4.78, 5) is 0. The maximum Gasteiger partial charge on any atom is 0.101 e. The van der Waals surface area contributed by atoms with Crippen LogP contribution >= 0.6 is 0 Å². The molecule has 12 aromatic rings. The highest BCUT2D eigenvalue weighted by Crippen LogP contribution is 2.41. The molecule has 4 heteroatoms. The van der Waals surface area contributed by atoms with Crippen LogP contribution in [0.1, 0.15) is 11.1 Å². The Kier molecular flexibility index (Phi) is 9.23. The Hall–Kier alpha value is -9.22. The molecule has 2 aromatic heterocycles. The molecular formula is C62H38N4. The molecule has 0 aliphatic carbocycles. The van der Waals surface area contributed by atoms with Crippen LogP contribution in [-0.2, 0) is 0 Å². The number of hydrogen-bond acceptors (Lipinski definition) is 2. The van der Waals surface area contributed by atoms with Gasteiger partial charge in [-0.25, -0.2) is 0 Å². The zero-order valence-electron chi connectivity index (χ0n) is 35.7. The topological polar surface area (TPSA) is 57.4 Å². The Morgan fingerprint density at radius 2 is 0.485 bits per heavy atom. The summed E-state index contributed by atoms with van der Waals surface area (Å²) in [5.74, 6) is 0. The molecule has 0 fully saturated rings. The molecule has 0 saturated carbocycles. The van der Waals surface area contributed by atoms with Gasteiger partial charge in [-0.15, -0.1) is 0 Å². The summed E-state index contributed by atoms with van der Waals surface area (Å²) >= 11 is 0. The molecule has 0 amide bonds. The van der Waals surface area contributed by atoms with Crippen LogP contribution in [0.5, 0.6) is 0 Å². The second kappa shape index (κ2) is 15.8. The van der Waals surface area contributed by atoms with Crippen molar-refractivity contribution in [1.82, 2.24) is 9.13 Å². The van der Waals surface area contributed by atoms with Crippen molar-refractivity contribution in [2.24, 2.45) is 0 Å². The summed E-state index contributed by atoms with van der Waals surface area (Å²) in [5, 5.41) is 26.1. The lowest BCUT2D eigenvalue weighted by Gasteiger charge is -2.16. The van der Waals surface area contributed by atoms with Crippen molar-refractivity contribution in [2.75, 3.05) is 0 Å². The molecule has 0 atom stereocenters. The molecule has 0 aliphatic heterocycles. The third-order valence-electron chi connectivity index (χ3n) is 13.0. The molecule has 66 heavy (non-hydrogen) atoms. The summed E-state index contributed by atoms with van der Waals surface area (Å²) in [5.41, 5.74) is 17.5. The van der Waals surface area contributed by atoms with E-state index >= 15 is 0 Å². The summed E-state index contributed by atoms with van der Waals surface area (Å²) in [6, 6.07) is 85.6. The SMILES string of the molecule is N#Cc1ccc(-c2ccc(C#N)c(-n3c4cc(-c5ccccc5)ccc4c4ccc(-c5ccccc5)cc43)c2)cc1-n1c2cc(-c3ccccc3)ccc2c2ccc(-c3ccccc3)cc21. The lowest BCUT2D eigenvalue weighted by Crippen LogP contribution is -2.00. The van der Waals surface area contributed by atoms with Gasteiger partial charge in [-0.3, -0.25) is 0 Å². The average Bonchev–Trinajstić information content (AvgIpc) is 3.90. The number of nitrogens with zero attached hydrogens (tertiary/aromatic N) is 4. The Labute approximate surface area is 382 Å². The van der Waals surface area contributed by atoms with Crippen LogP contribution in [0.15, 0.2) is 231 Å². The van der Waals surface area contributed by atoms with Crippen molar-refractivity contribution in [3.05, 3.63) is 242 Å². The zero-order chi connectivity index (χ0) is 44.1. The van der Waals surface area contributed by atoms with Crippen molar-refractivity contribution in [3.63, 3.8) is 0 Å². The summed E-state index contributed by atoms with van der Waals surface area (Å²) in [7, 11) is 0. The molecule has 2 heterocycles. The molecule has 0 spiro atoms. The predicted octanol–water partition coefficient (Wildman–Crippen LogP) is 16.0. The second-order valence-corrected chi connectivity index (χ2v) is 16.8. The van der Waals surface area contributed by atoms with E-state index in [0.717, 1.165) is 111 Å². The third kappa shape index (κ3) is 6.45. The molecule has 0 N–H and O–H groups in total. The number of benzene rings is 10. The lowest BCUT2D eigenvalue weighted by atomic mass is 9.99. The minimum Gasteiger partial charge on any atom is -0.308 e. The molecule has 0 bridgehead atoms. The summed E-state index contributed by atoms with van der Waals surface area (Å²) in [6.45, 7) is 0. The standard InChI is InChI=1S/C62H38N4/c63-39-51-23-21-49(33-57(51)65-59-35-45(41-13-5-1-6-14-41)25-29-53(59)54-30-26-46(36-60(54)65)42-15-7-2-8-16-42)50-22-24-52(40-64)58(34-50)66-61-37-47(43-17-9-3-10-18-43)27-31-55(61)56-32-28-48(38-62(56)66)44-19-11-4-12-20-44/h1-38H. The highest BCUT2D eigenvalue weighted by molar-refractivity contribution is 6.13. The second-order valence-electron chi connectivity index (χ2n) is 16.8. The van der Waals surface area contributed by atoms with Gasteiger partial charge in [0.2, 0.25) is 0 Å². The van der Waals surface area contributed by atoms with E-state index in [1.807, 2.05) is 48.5 Å². The first-order valence-electron chi connectivity index (χ1n) is 22.1. The maximum atomic E-state index is 10.8. The Balaban J connectivity index is 1.09. The van der Waals surface area contributed by atoms with E-state index in [-0.39, 0.29) is 0 Å². The molecule has 306 valence electrons. The minimum atomic E-state index is 0.561. The van der Waals surface area contributed by atoms with E-state index in [1.165, 1.54) is 0 Å². The monoisotopic (exact) mass is 838 g/mol. The van der Waals surface area contributed by atoms with Crippen molar-refractivity contribution in [2.45, 2.75) is 0 Å². The van der Waals surface area contributed by atoms with E-state index in [1.54, 1.807) is 0 Å². The van der Waals surface area contributed by atoms with E-state index in [0.29, 0.717) is 11.1 Å². The first kappa shape index (κ1) is 38.5. The number of aromatic nitrogens is 2. The number of fused-ring (bicyclic) bond motifs is 6. The van der Waals surface area contributed by atoms with Crippen molar-refractivity contribution in [1.29, 1.82) is 10.5 Å². The molecule has 0 unspecified atom stereocenters. The van der Waals surface area contributed by atoms with Gasteiger partial charge in [0.25, 0.3) is 0 Å². The molecule has 0 radical (unpaired) electrons. The minimum absolute atomic E-state index is 0.561. The van der Waals surface area contributed by atoms with E-state index < -0.39 is 0 Å². The first-order valence-corrected chi connectivity index (χ1v) is 22.1. The van der Waals surface area contributed by atoms with Gasteiger partial charge in [-0.1, -0.05) is 182 Å². The van der Waals surface area contributed by atoms with Gasteiger partial charge in [0, 0.05) is 21.5 Å². The largest absolute Gasteiger partial charge is 0.308 e. The fourth-order valence-electron chi connectivity index (χ4n) is 9.78. The fraction of sp³-hybridized carbons (Fsp3) is 0. The van der Waals surface area contributed by atoms with Crippen LogP contribution in [0.4, 0.5) is 0 Å². The Bertz CT molecular complexity index is 3470. The smallest absolute Gasteiger partial charge is 0.101 e. The van der Waals surface area contributed by atoms with Crippen LogP contribution in [-0.4, -0.2) is 9.13 Å². The van der Waals surface area contributed by atoms with E-state index in [4.69, 9.17) is 0 Å². The maximum absolute atomic E-state index is 10.8. The third-order valence-corrected chi connectivity index (χ3v) is 13.0. The molecular weight excluding hydrogens is 801 g/mol. The predicted molar refractivity (Wildman–Crippen MR) is 272 cm³/mol. The van der Waals surface area contributed by atoms with Crippen LogP contribution < -0.4 is 0 Å². The molecule has 12 rings (SSSR count). The van der Waals surface area contributed by atoms with Gasteiger partial charge >= 0.3 is 0 Å². The van der Waals surface area contributed by atoms with Crippen LogP contribution in [0.2, 0.25) is 0 Å². The Morgan fingerprint density at radius 3 is 0.742 bits per heavy atom. The number of rotatable bonds is 7. The van der Waals surface area contributed by atoms with Crippen LogP contribution in [0, 0.1) is 22.7 Å². The van der Waals surface area contributed by atoms with Gasteiger partial charge in [-0.05, 0) is 104 Å².